The van der Waals surface area contributed by atoms with Crippen LogP contribution in [0.2, 0.25) is 0 Å². The number of hydrogen-bond acceptors (Lipinski definition) is 4. The normalized spacial score (nSPS) is 21.4. The predicted octanol–water partition coefficient (Wildman–Crippen LogP) is 2.63. The van der Waals surface area contributed by atoms with Crippen LogP contribution in [0.4, 0.5) is 13.2 Å². The van der Waals surface area contributed by atoms with Gasteiger partial charge in [-0.3, -0.25) is 4.79 Å². The van der Waals surface area contributed by atoms with Gasteiger partial charge in [-0.05, 0) is 31.0 Å². The van der Waals surface area contributed by atoms with E-state index < -0.39 is 26.8 Å². The highest BCUT2D eigenvalue weighted by atomic mass is 32.2. The Kier molecular flexibility index (Phi) is 5.85. The monoisotopic (exact) mass is 381 g/mol. The number of benzene rings is 1. The summed E-state index contributed by atoms with van der Waals surface area (Å²) in [5.74, 6) is 0.199. The van der Waals surface area contributed by atoms with Gasteiger partial charge in [-0.1, -0.05) is 12.1 Å². The molecule has 0 saturated carbocycles. The SMILES string of the molecule is C[C@H](SCc1ccc(C(F)(F)F)cc1)C(=O)N[C@H]1CCS(=O)(=O)C1. The molecule has 9 heteroatoms. The molecule has 0 radical (unpaired) electrons. The van der Waals surface area contributed by atoms with Crippen molar-refractivity contribution in [3.63, 3.8) is 0 Å². The molecule has 4 nitrogen and oxygen atoms in total. The van der Waals surface area contributed by atoms with Crippen molar-refractivity contribution in [1.29, 1.82) is 0 Å². The minimum absolute atomic E-state index is 0.0327. The summed E-state index contributed by atoms with van der Waals surface area (Å²) in [6, 6.07) is 4.47. The summed E-state index contributed by atoms with van der Waals surface area (Å²) in [5, 5.41) is 2.29. The van der Waals surface area contributed by atoms with Crippen molar-refractivity contribution in [2.75, 3.05) is 11.5 Å². The van der Waals surface area contributed by atoms with Crippen LogP contribution in [-0.4, -0.2) is 37.1 Å². The number of thioether (sulfide) groups is 1. The average molecular weight is 381 g/mol. The lowest BCUT2D eigenvalue weighted by molar-refractivity contribution is -0.137. The Morgan fingerprint density at radius 3 is 2.46 bits per heavy atom. The molecule has 1 saturated heterocycles. The van der Waals surface area contributed by atoms with E-state index in [1.165, 1.54) is 23.9 Å². The fourth-order valence-electron chi connectivity index (χ4n) is 2.31. The lowest BCUT2D eigenvalue weighted by Gasteiger charge is -2.16. The summed E-state index contributed by atoms with van der Waals surface area (Å²) >= 11 is 1.29. The maximum atomic E-state index is 12.5. The fraction of sp³-hybridized carbons (Fsp3) is 0.533. The van der Waals surface area contributed by atoms with Gasteiger partial charge in [0.25, 0.3) is 0 Å². The van der Waals surface area contributed by atoms with Gasteiger partial charge in [0.15, 0.2) is 9.84 Å². The standard InChI is InChI=1S/C15H18F3NO3S2/c1-10(14(20)19-13-6-7-24(21,22)9-13)23-8-11-2-4-12(5-3-11)15(16,17)18/h2-5,10,13H,6-9H2,1H3,(H,19,20)/t10-,13-/m0/s1. The van der Waals surface area contributed by atoms with Gasteiger partial charge in [0.1, 0.15) is 0 Å². The Morgan fingerprint density at radius 1 is 1.33 bits per heavy atom. The number of sulfone groups is 1. The molecule has 24 heavy (non-hydrogen) atoms. The molecule has 1 aliphatic rings. The first-order chi connectivity index (χ1) is 11.1. The van der Waals surface area contributed by atoms with E-state index in [4.69, 9.17) is 0 Å². The lowest BCUT2D eigenvalue weighted by atomic mass is 10.1. The molecule has 0 spiro atoms. The second kappa shape index (κ2) is 7.35. The Labute approximate surface area is 143 Å². The van der Waals surface area contributed by atoms with Crippen LogP contribution < -0.4 is 5.32 Å². The van der Waals surface area contributed by atoms with Gasteiger partial charge < -0.3 is 5.32 Å². The van der Waals surface area contributed by atoms with Gasteiger partial charge in [-0.15, -0.1) is 11.8 Å². The zero-order valence-electron chi connectivity index (χ0n) is 13.0. The number of alkyl halides is 3. The molecule has 1 heterocycles. The molecule has 2 rings (SSSR count). The summed E-state index contributed by atoms with van der Waals surface area (Å²) < 4.78 is 60.2. The molecular formula is C15H18F3NO3S2. The van der Waals surface area contributed by atoms with Crippen molar-refractivity contribution in [3.8, 4) is 0 Å². The highest BCUT2D eigenvalue weighted by Crippen LogP contribution is 2.29. The first kappa shape index (κ1) is 19.1. The number of carbonyl (C=O) groups excluding carboxylic acids is 1. The van der Waals surface area contributed by atoms with E-state index in [1.54, 1.807) is 6.92 Å². The van der Waals surface area contributed by atoms with Gasteiger partial charge in [-0.25, -0.2) is 8.42 Å². The second-order valence-electron chi connectivity index (χ2n) is 5.76. The average Bonchev–Trinajstić information content (AvgIpc) is 2.83. The molecule has 0 aromatic heterocycles. The summed E-state index contributed by atoms with van der Waals surface area (Å²) in [4.78, 5) is 12.0. The number of nitrogens with one attached hydrogen (secondary N) is 1. The van der Waals surface area contributed by atoms with Crippen molar-refractivity contribution in [3.05, 3.63) is 35.4 Å². The molecule has 1 amide bonds. The van der Waals surface area contributed by atoms with E-state index in [2.05, 4.69) is 5.32 Å². The minimum atomic E-state index is -4.36. The zero-order chi connectivity index (χ0) is 18.0. The molecule has 2 atom stereocenters. The predicted molar refractivity (Wildman–Crippen MR) is 87.4 cm³/mol. The van der Waals surface area contributed by atoms with E-state index in [-0.39, 0.29) is 23.5 Å². The van der Waals surface area contributed by atoms with E-state index in [9.17, 15) is 26.4 Å². The quantitative estimate of drug-likeness (QED) is 0.852. The molecule has 0 aliphatic carbocycles. The summed E-state index contributed by atoms with van der Waals surface area (Å²) in [5.41, 5.74) is -0.0134. The van der Waals surface area contributed by atoms with Gasteiger partial charge in [0, 0.05) is 11.8 Å². The topological polar surface area (TPSA) is 63.2 Å². The smallest absolute Gasteiger partial charge is 0.351 e. The number of hydrogen-bond donors (Lipinski definition) is 1. The third-order valence-electron chi connectivity index (χ3n) is 3.73. The number of rotatable bonds is 5. The molecule has 0 unspecified atom stereocenters. The van der Waals surface area contributed by atoms with Gasteiger partial charge >= 0.3 is 6.18 Å². The minimum Gasteiger partial charge on any atom is -0.351 e. The maximum Gasteiger partial charge on any atom is 0.416 e. The molecule has 0 bridgehead atoms. The van der Waals surface area contributed by atoms with Crippen molar-refractivity contribution < 1.29 is 26.4 Å². The number of carbonyl (C=O) groups is 1. The first-order valence-corrected chi connectivity index (χ1v) is 10.2. The summed E-state index contributed by atoms with van der Waals surface area (Å²) in [6.45, 7) is 1.69. The second-order valence-corrected chi connectivity index (χ2v) is 9.31. The van der Waals surface area contributed by atoms with Crippen LogP contribution in [0.1, 0.15) is 24.5 Å². The van der Waals surface area contributed by atoms with Crippen molar-refractivity contribution >= 4 is 27.5 Å². The van der Waals surface area contributed by atoms with Crippen LogP contribution in [0.15, 0.2) is 24.3 Å². The largest absolute Gasteiger partial charge is 0.416 e. The third-order valence-corrected chi connectivity index (χ3v) is 6.71. The van der Waals surface area contributed by atoms with Crippen LogP contribution >= 0.6 is 11.8 Å². The third kappa shape index (κ3) is 5.41. The van der Waals surface area contributed by atoms with Crippen molar-refractivity contribution in [2.24, 2.45) is 0 Å². The molecule has 1 aromatic rings. The van der Waals surface area contributed by atoms with Gasteiger partial charge in [-0.2, -0.15) is 13.2 Å². The Morgan fingerprint density at radius 2 is 1.96 bits per heavy atom. The van der Waals surface area contributed by atoms with Gasteiger partial charge in [0.2, 0.25) is 5.91 Å². The Bertz CT molecular complexity index is 687. The maximum absolute atomic E-state index is 12.5. The first-order valence-electron chi connectivity index (χ1n) is 7.35. The lowest BCUT2D eigenvalue weighted by Crippen LogP contribution is -2.40. The highest BCUT2D eigenvalue weighted by molar-refractivity contribution is 7.99. The van der Waals surface area contributed by atoms with Crippen LogP contribution in [0.5, 0.6) is 0 Å². The number of amides is 1. The van der Waals surface area contributed by atoms with Crippen LogP contribution in [0.3, 0.4) is 0 Å². The molecule has 1 fully saturated rings. The van der Waals surface area contributed by atoms with Crippen molar-refractivity contribution in [2.45, 2.75) is 36.6 Å². The van der Waals surface area contributed by atoms with E-state index >= 15 is 0 Å². The Hall–Kier alpha value is -1.22. The molecule has 134 valence electrons. The fourth-order valence-corrected chi connectivity index (χ4v) is 4.84. The molecular weight excluding hydrogens is 363 g/mol. The van der Waals surface area contributed by atoms with Gasteiger partial charge in [0.05, 0.1) is 22.3 Å². The summed E-state index contributed by atoms with van der Waals surface area (Å²) in [7, 11) is -3.05. The molecule has 1 N–H and O–H groups in total. The zero-order valence-corrected chi connectivity index (χ0v) is 14.6. The van der Waals surface area contributed by atoms with E-state index in [1.807, 2.05) is 0 Å². The van der Waals surface area contributed by atoms with E-state index in [0.717, 1.165) is 12.1 Å². The molecule has 1 aliphatic heterocycles. The highest BCUT2D eigenvalue weighted by Gasteiger charge is 2.31. The van der Waals surface area contributed by atoms with E-state index in [0.29, 0.717) is 17.7 Å². The van der Waals surface area contributed by atoms with Crippen LogP contribution in [0.25, 0.3) is 0 Å². The Balaban J connectivity index is 1.82. The van der Waals surface area contributed by atoms with Crippen LogP contribution in [0, 0.1) is 0 Å². The number of halogens is 3. The summed E-state index contributed by atoms with van der Waals surface area (Å²) in [6.07, 6.45) is -3.94. The van der Waals surface area contributed by atoms with Crippen LogP contribution in [-0.2, 0) is 26.6 Å². The molecule has 1 aromatic carbocycles. The van der Waals surface area contributed by atoms with Crippen molar-refractivity contribution in [1.82, 2.24) is 5.32 Å².